The van der Waals surface area contributed by atoms with E-state index in [1.807, 2.05) is 0 Å². The number of benzene rings is 2. The number of anilines is 3. The molecule has 4 N–H and O–H groups in total. The van der Waals surface area contributed by atoms with Crippen molar-refractivity contribution in [1.82, 2.24) is 0 Å². The maximum absolute atomic E-state index is 11.8. The van der Waals surface area contributed by atoms with E-state index >= 15 is 0 Å². The molecule has 0 atom stereocenters. The van der Waals surface area contributed by atoms with Crippen molar-refractivity contribution in [2.24, 2.45) is 0 Å². The molecule has 2 amide bonds. The molecule has 0 bridgehead atoms. The van der Waals surface area contributed by atoms with Crippen molar-refractivity contribution in [3.05, 3.63) is 51.5 Å². The van der Waals surface area contributed by atoms with E-state index in [2.05, 4.69) is 10.6 Å². The number of nitrogens with one attached hydrogen (secondary N) is 2. The first-order valence-corrected chi connectivity index (χ1v) is 6.66. The van der Waals surface area contributed by atoms with Gasteiger partial charge in [-0.15, -0.1) is 0 Å². The SMILES string of the molecule is Nc1ccc(NC(=O)Nc2cc(Cl)cc(Cl)c2)cc1Cl. The Morgan fingerprint density at radius 3 is 2.10 bits per heavy atom. The van der Waals surface area contributed by atoms with Gasteiger partial charge in [-0.05, 0) is 36.4 Å². The molecule has 7 heteroatoms. The van der Waals surface area contributed by atoms with Gasteiger partial charge < -0.3 is 16.4 Å². The van der Waals surface area contributed by atoms with Gasteiger partial charge in [-0.25, -0.2) is 4.79 Å². The van der Waals surface area contributed by atoms with E-state index in [1.165, 1.54) is 0 Å². The molecule has 2 aromatic carbocycles. The molecule has 0 saturated heterocycles. The molecule has 0 spiro atoms. The van der Waals surface area contributed by atoms with Crippen molar-refractivity contribution < 1.29 is 4.79 Å². The molecule has 0 unspecified atom stereocenters. The van der Waals surface area contributed by atoms with Gasteiger partial charge in [0.1, 0.15) is 0 Å². The smallest absolute Gasteiger partial charge is 0.323 e. The molecule has 0 radical (unpaired) electrons. The highest BCUT2D eigenvalue weighted by molar-refractivity contribution is 6.35. The van der Waals surface area contributed by atoms with Crippen LogP contribution in [0.4, 0.5) is 21.9 Å². The number of carbonyl (C=O) groups is 1. The maximum atomic E-state index is 11.8. The fourth-order valence-electron chi connectivity index (χ4n) is 1.52. The molecule has 0 aliphatic heterocycles. The van der Waals surface area contributed by atoms with Gasteiger partial charge in [-0.3, -0.25) is 0 Å². The van der Waals surface area contributed by atoms with Crippen LogP contribution in [0.1, 0.15) is 0 Å². The highest BCUT2D eigenvalue weighted by Gasteiger charge is 2.06. The quantitative estimate of drug-likeness (QED) is 0.687. The molecule has 4 nitrogen and oxygen atoms in total. The summed E-state index contributed by atoms with van der Waals surface area (Å²) >= 11 is 17.6. The Morgan fingerprint density at radius 2 is 1.50 bits per heavy atom. The van der Waals surface area contributed by atoms with Crippen molar-refractivity contribution in [2.45, 2.75) is 0 Å². The van der Waals surface area contributed by atoms with Gasteiger partial charge >= 0.3 is 6.03 Å². The third kappa shape index (κ3) is 3.93. The summed E-state index contributed by atoms with van der Waals surface area (Å²) in [6, 6.07) is 9.11. The zero-order valence-corrected chi connectivity index (χ0v) is 12.4. The van der Waals surface area contributed by atoms with Crippen LogP contribution in [0.15, 0.2) is 36.4 Å². The monoisotopic (exact) mass is 329 g/mol. The van der Waals surface area contributed by atoms with Crippen molar-refractivity contribution in [2.75, 3.05) is 16.4 Å². The van der Waals surface area contributed by atoms with Crippen LogP contribution in [0, 0.1) is 0 Å². The molecule has 2 rings (SSSR count). The Kier molecular flexibility index (Phi) is 4.60. The number of nitrogen functional groups attached to an aromatic ring is 1. The van der Waals surface area contributed by atoms with Gasteiger partial charge in [0, 0.05) is 21.4 Å². The average molecular weight is 331 g/mol. The topological polar surface area (TPSA) is 67.1 Å². The first-order chi connectivity index (χ1) is 9.44. The molecule has 0 aromatic heterocycles. The lowest BCUT2D eigenvalue weighted by Crippen LogP contribution is -2.19. The van der Waals surface area contributed by atoms with E-state index in [0.717, 1.165) is 0 Å². The Labute approximate surface area is 130 Å². The number of rotatable bonds is 2. The average Bonchev–Trinajstić information content (AvgIpc) is 2.32. The minimum Gasteiger partial charge on any atom is -0.398 e. The molecule has 0 saturated carbocycles. The number of urea groups is 1. The normalized spacial score (nSPS) is 10.2. The fraction of sp³-hybridized carbons (Fsp3) is 0. The van der Waals surface area contributed by atoms with E-state index < -0.39 is 6.03 Å². The van der Waals surface area contributed by atoms with E-state index in [9.17, 15) is 4.79 Å². The van der Waals surface area contributed by atoms with E-state index in [4.69, 9.17) is 40.5 Å². The maximum Gasteiger partial charge on any atom is 0.323 e. The first-order valence-electron chi connectivity index (χ1n) is 5.53. The summed E-state index contributed by atoms with van der Waals surface area (Å²) in [5.74, 6) is 0. The zero-order chi connectivity index (χ0) is 14.7. The van der Waals surface area contributed by atoms with Crippen LogP contribution >= 0.6 is 34.8 Å². The number of hydrogen-bond donors (Lipinski definition) is 3. The van der Waals surface area contributed by atoms with Crippen molar-refractivity contribution in [3.63, 3.8) is 0 Å². The largest absolute Gasteiger partial charge is 0.398 e. The highest BCUT2D eigenvalue weighted by atomic mass is 35.5. The lowest BCUT2D eigenvalue weighted by atomic mass is 10.3. The summed E-state index contributed by atoms with van der Waals surface area (Å²) in [5, 5.41) is 6.47. The van der Waals surface area contributed by atoms with Gasteiger partial charge in [0.2, 0.25) is 0 Å². The van der Waals surface area contributed by atoms with E-state index in [1.54, 1.807) is 36.4 Å². The van der Waals surface area contributed by atoms with Gasteiger partial charge in [0.25, 0.3) is 0 Å². The van der Waals surface area contributed by atoms with Crippen molar-refractivity contribution in [1.29, 1.82) is 0 Å². The van der Waals surface area contributed by atoms with Crippen LogP contribution in [0.2, 0.25) is 15.1 Å². The Hall–Kier alpha value is -1.62. The third-order valence-corrected chi connectivity index (χ3v) is 3.14. The number of halogens is 3. The van der Waals surface area contributed by atoms with E-state index in [0.29, 0.717) is 32.1 Å². The third-order valence-electron chi connectivity index (χ3n) is 2.38. The lowest BCUT2D eigenvalue weighted by molar-refractivity contribution is 0.262. The fourth-order valence-corrected chi connectivity index (χ4v) is 2.23. The van der Waals surface area contributed by atoms with Crippen LogP contribution in [0.25, 0.3) is 0 Å². The van der Waals surface area contributed by atoms with Crippen molar-refractivity contribution in [3.8, 4) is 0 Å². The summed E-state index contributed by atoms with van der Waals surface area (Å²) in [4.78, 5) is 11.8. The van der Waals surface area contributed by atoms with Crippen LogP contribution in [-0.4, -0.2) is 6.03 Å². The summed E-state index contributed by atoms with van der Waals surface area (Å²) in [6.45, 7) is 0. The van der Waals surface area contributed by atoms with Crippen molar-refractivity contribution >= 4 is 57.9 Å². The summed E-state index contributed by atoms with van der Waals surface area (Å²) in [5.41, 5.74) is 7.04. The molecule has 0 aliphatic rings. The number of amides is 2. The second-order valence-electron chi connectivity index (χ2n) is 3.97. The standard InChI is InChI=1S/C13H10Cl3N3O/c14-7-3-8(15)5-10(4-7)19-13(20)18-9-1-2-12(17)11(16)6-9/h1-6H,17H2,(H2,18,19,20). The molecule has 0 heterocycles. The summed E-state index contributed by atoms with van der Waals surface area (Å²) in [6.07, 6.45) is 0. The van der Waals surface area contributed by atoms with Crippen LogP contribution in [0.5, 0.6) is 0 Å². The van der Waals surface area contributed by atoms with Crippen LogP contribution < -0.4 is 16.4 Å². The molecule has 2 aromatic rings. The number of nitrogens with two attached hydrogens (primary N) is 1. The van der Waals surface area contributed by atoms with Crippen LogP contribution in [0.3, 0.4) is 0 Å². The number of hydrogen-bond acceptors (Lipinski definition) is 2. The van der Waals surface area contributed by atoms with Gasteiger partial charge in [-0.2, -0.15) is 0 Å². The number of carbonyl (C=O) groups excluding carboxylic acids is 1. The molecule has 20 heavy (non-hydrogen) atoms. The van der Waals surface area contributed by atoms with Crippen LogP contribution in [-0.2, 0) is 0 Å². The Bertz CT molecular complexity index is 641. The predicted octanol–water partition coefficient (Wildman–Crippen LogP) is 4.87. The Morgan fingerprint density at radius 1 is 0.900 bits per heavy atom. The minimum absolute atomic E-state index is 0.369. The highest BCUT2D eigenvalue weighted by Crippen LogP contribution is 2.24. The Balaban J connectivity index is 2.06. The van der Waals surface area contributed by atoms with E-state index in [-0.39, 0.29) is 0 Å². The second kappa shape index (κ2) is 6.22. The summed E-state index contributed by atoms with van der Waals surface area (Å²) in [7, 11) is 0. The van der Waals surface area contributed by atoms with Gasteiger partial charge in [0.15, 0.2) is 0 Å². The minimum atomic E-state index is -0.441. The molecule has 104 valence electrons. The molecular weight excluding hydrogens is 321 g/mol. The van der Waals surface area contributed by atoms with Gasteiger partial charge in [0.05, 0.1) is 10.7 Å². The summed E-state index contributed by atoms with van der Waals surface area (Å²) < 4.78 is 0. The lowest BCUT2D eigenvalue weighted by Gasteiger charge is -2.09. The predicted molar refractivity (Wildman–Crippen MR) is 85.0 cm³/mol. The van der Waals surface area contributed by atoms with Gasteiger partial charge in [-0.1, -0.05) is 34.8 Å². The zero-order valence-electron chi connectivity index (χ0n) is 10.1. The second-order valence-corrected chi connectivity index (χ2v) is 5.25. The molecule has 0 fully saturated rings. The molecular formula is C13H10Cl3N3O. The first kappa shape index (κ1) is 14.8. The molecule has 0 aliphatic carbocycles.